The highest BCUT2D eigenvalue weighted by Crippen LogP contribution is 2.24. The maximum Gasteiger partial charge on any atom is 0.339 e. The van der Waals surface area contributed by atoms with E-state index in [1.807, 2.05) is 25.1 Å². The highest BCUT2D eigenvalue weighted by atomic mass is 16.5. The lowest BCUT2D eigenvalue weighted by molar-refractivity contribution is 0.0602. The third kappa shape index (κ3) is 2.32. The summed E-state index contributed by atoms with van der Waals surface area (Å²) in [7, 11) is 1.34. The Morgan fingerprint density at radius 3 is 2.61 bits per heavy atom. The summed E-state index contributed by atoms with van der Waals surface area (Å²) in [5.74, 6) is -0.430. The van der Waals surface area contributed by atoms with Gasteiger partial charge in [-0.25, -0.2) is 4.79 Å². The summed E-state index contributed by atoms with van der Waals surface area (Å²) in [5.41, 5.74) is 9.38. The van der Waals surface area contributed by atoms with Crippen LogP contribution in [0.1, 0.15) is 16.1 Å². The van der Waals surface area contributed by atoms with Crippen LogP contribution in [0.3, 0.4) is 0 Å². The Labute approximate surface area is 105 Å². The number of methoxy groups -OCH3 is 1. The van der Waals surface area contributed by atoms with E-state index in [4.69, 9.17) is 10.5 Å². The van der Waals surface area contributed by atoms with E-state index < -0.39 is 5.97 Å². The van der Waals surface area contributed by atoms with Crippen LogP contribution in [0, 0.1) is 6.92 Å². The Morgan fingerprint density at radius 1 is 1.22 bits per heavy atom. The summed E-state index contributed by atoms with van der Waals surface area (Å²) in [4.78, 5) is 15.7. The van der Waals surface area contributed by atoms with Crippen LogP contribution in [-0.4, -0.2) is 18.1 Å². The largest absolute Gasteiger partial charge is 0.465 e. The summed E-state index contributed by atoms with van der Waals surface area (Å²) in [6, 6.07) is 9.15. The minimum absolute atomic E-state index is 0.379. The van der Waals surface area contributed by atoms with Gasteiger partial charge in [0.05, 0.1) is 12.7 Å². The number of aromatic nitrogens is 1. The topological polar surface area (TPSA) is 65.2 Å². The van der Waals surface area contributed by atoms with Gasteiger partial charge in [-0.1, -0.05) is 6.07 Å². The fourth-order valence-electron chi connectivity index (χ4n) is 1.75. The maximum absolute atomic E-state index is 11.6. The highest BCUT2D eigenvalue weighted by molar-refractivity contribution is 5.96. The zero-order valence-electron chi connectivity index (χ0n) is 10.3. The van der Waals surface area contributed by atoms with Crippen molar-refractivity contribution in [3.8, 4) is 11.1 Å². The van der Waals surface area contributed by atoms with E-state index in [9.17, 15) is 4.79 Å². The molecule has 92 valence electrons. The quantitative estimate of drug-likeness (QED) is 0.648. The number of nitrogens with zero attached hydrogens (tertiary/aromatic N) is 1. The number of benzene rings is 1. The molecule has 0 unspecified atom stereocenters. The SMILES string of the molecule is COC(=O)c1cc(-c2ccnc(C)c2)ccc1N. The molecule has 0 radical (unpaired) electrons. The van der Waals surface area contributed by atoms with Crippen LogP contribution in [-0.2, 0) is 4.74 Å². The number of hydrogen-bond acceptors (Lipinski definition) is 4. The van der Waals surface area contributed by atoms with Crippen LogP contribution in [0.2, 0.25) is 0 Å². The van der Waals surface area contributed by atoms with E-state index in [1.54, 1.807) is 18.3 Å². The zero-order valence-corrected chi connectivity index (χ0v) is 10.3. The van der Waals surface area contributed by atoms with Crippen LogP contribution in [0.25, 0.3) is 11.1 Å². The van der Waals surface area contributed by atoms with Crippen molar-refractivity contribution < 1.29 is 9.53 Å². The summed E-state index contributed by atoms with van der Waals surface area (Å²) in [6.45, 7) is 1.92. The van der Waals surface area contributed by atoms with Gasteiger partial charge in [0.2, 0.25) is 0 Å². The standard InChI is InChI=1S/C14H14N2O2/c1-9-7-11(5-6-16-9)10-3-4-13(15)12(8-10)14(17)18-2/h3-8H,15H2,1-2H3. The van der Waals surface area contributed by atoms with E-state index in [2.05, 4.69) is 4.98 Å². The molecule has 0 spiro atoms. The molecule has 0 aliphatic carbocycles. The fourth-order valence-corrected chi connectivity index (χ4v) is 1.75. The van der Waals surface area contributed by atoms with E-state index in [1.165, 1.54) is 7.11 Å². The van der Waals surface area contributed by atoms with Gasteiger partial charge >= 0.3 is 5.97 Å². The van der Waals surface area contributed by atoms with Crippen LogP contribution in [0.5, 0.6) is 0 Å². The van der Waals surface area contributed by atoms with Gasteiger partial charge < -0.3 is 10.5 Å². The second-order valence-electron chi connectivity index (χ2n) is 3.98. The van der Waals surface area contributed by atoms with Gasteiger partial charge in [-0.2, -0.15) is 0 Å². The molecule has 0 saturated carbocycles. The number of nitrogen functional groups attached to an aromatic ring is 1. The number of hydrogen-bond donors (Lipinski definition) is 1. The predicted molar refractivity (Wildman–Crippen MR) is 70.2 cm³/mol. The molecule has 0 bridgehead atoms. The number of aryl methyl sites for hydroxylation is 1. The molecule has 2 rings (SSSR count). The van der Waals surface area contributed by atoms with Gasteiger partial charge in [0.15, 0.2) is 0 Å². The van der Waals surface area contributed by atoms with E-state index in [0.717, 1.165) is 16.8 Å². The summed E-state index contributed by atoms with van der Waals surface area (Å²) in [6.07, 6.45) is 1.73. The van der Waals surface area contributed by atoms with Gasteiger partial charge in [0.1, 0.15) is 0 Å². The summed E-state index contributed by atoms with van der Waals surface area (Å²) < 4.78 is 4.70. The Kier molecular flexibility index (Phi) is 3.28. The van der Waals surface area contributed by atoms with Crippen molar-refractivity contribution in [3.63, 3.8) is 0 Å². The molecule has 0 amide bonds. The number of carbonyl (C=O) groups is 1. The minimum atomic E-state index is -0.430. The second-order valence-corrected chi connectivity index (χ2v) is 3.98. The Bertz CT molecular complexity index is 594. The normalized spacial score (nSPS) is 10.1. The molecule has 0 aliphatic heterocycles. The number of ether oxygens (including phenoxy) is 1. The van der Waals surface area contributed by atoms with Crippen molar-refractivity contribution >= 4 is 11.7 Å². The first kappa shape index (κ1) is 12.1. The Morgan fingerprint density at radius 2 is 1.94 bits per heavy atom. The fraction of sp³-hybridized carbons (Fsp3) is 0.143. The second kappa shape index (κ2) is 4.87. The lowest BCUT2D eigenvalue weighted by atomic mass is 10.0. The first-order valence-electron chi connectivity index (χ1n) is 5.52. The van der Waals surface area contributed by atoms with Gasteiger partial charge in [-0.15, -0.1) is 0 Å². The van der Waals surface area contributed by atoms with Gasteiger partial charge in [-0.05, 0) is 42.3 Å². The molecule has 0 atom stereocenters. The van der Waals surface area contributed by atoms with E-state index >= 15 is 0 Å². The summed E-state index contributed by atoms with van der Waals surface area (Å²) >= 11 is 0. The van der Waals surface area contributed by atoms with Crippen molar-refractivity contribution in [1.82, 2.24) is 4.98 Å². The molecule has 1 heterocycles. The van der Waals surface area contributed by atoms with Crippen molar-refractivity contribution in [1.29, 1.82) is 0 Å². The molecule has 0 fully saturated rings. The Balaban J connectivity index is 2.50. The molecule has 2 aromatic rings. The molecule has 0 saturated heterocycles. The van der Waals surface area contributed by atoms with Gasteiger partial charge in [-0.3, -0.25) is 4.98 Å². The number of anilines is 1. The van der Waals surface area contributed by atoms with Crippen molar-refractivity contribution in [2.75, 3.05) is 12.8 Å². The van der Waals surface area contributed by atoms with Crippen LogP contribution < -0.4 is 5.73 Å². The number of pyridine rings is 1. The van der Waals surface area contributed by atoms with Crippen molar-refractivity contribution in [2.45, 2.75) is 6.92 Å². The molecular weight excluding hydrogens is 228 g/mol. The Hall–Kier alpha value is -2.36. The first-order chi connectivity index (χ1) is 8.61. The third-order valence-corrected chi connectivity index (χ3v) is 2.69. The van der Waals surface area contributed by atoms with E-state index in [-0.39, 0.29) is 0 Å². The molecule has 1 aromatic heterocycles. The molecule has 2 N–H and O–H groups in total. The van der Waals surface area contributed by atoms with Crippen molar-refractivity contribution in [2.24, 2.45) is 0 Å². The maximum atomic E-state index is 11.6. The molecule has 1 aromatic carbocycles. The monoisotopic (exact) mass is 242 g/mol. The highest BCUT2D eigenvalue weighted by Gasteiger charge is 2.11. The van der Waals surface area contributed by atoms with Crippen molar-refractivity contribution in [3.05, 3.63) is 47.8 Å². The predicted octanol–water partition coefficient (Wildman–Crippen LogP) is 2.43. The molecule has 18 heavy (non-hydrogen) atoms. The zero-order chi connectivity index (χ0) is 13.1. The molecule has 0 aliphatic rings. The lowest BCUT2D eigenvalue weighted by Crippen LogP contribution is -2.05. The van der Waals surface area contributed by atoms with Crippen LogP contribution >= 0.6 is 0 Å². The van der Waals surface area contributed by atoms with Gasteiger partial charge in [0.25, 0.3) is 0 Å². The van der Waals surface area contributed by atoms with E-state index in [0.29, 0.717) is 11.3 Å². The molecular formula is C14H14N2O2. The van der Waals surface area contributed by atoms with Crippen LogP contribution in [0.4, 0.5) is 5.69 Å². The number of rotatable bonds is 2. The molecule has 4 nitrogen and oxygen atoms in total. The first-order valence-corrected chi connectivity index (χ1v) is 5.52. The average Bonchev–Trinajstić information content (AvgIpc) is 2.38. The number of carbonyl (C=O) groups excluding carboxylic acids is 1. The third-order valence-electron chi connectivity index (χ3n) is 2.69. The number of nitrogens with two attached hydrogens (primary N) is 1. The van der Waals surface area contributed by atoms with Crippen LogP contribution in [0.15, 0.2) is 36.5 Å². The number of esters is 1. The minimum Gasteiger partial charge on any atom is -0.465 e. The molecule has 4 heteroatoms. The average molecular weight is 242 g/mol. The summed E-state index contributed by atoms with van der Waals surface area (Å²) in [5, 5.41) is 0. The smallest absolute Gasteiger partial charge is 0.339 e. The van der Waals surface area contributed by atoms with Gasteiger partial charge in [0, 0.05) is 17.6 Å². The lowest BCUT2D eigenvalue weighted by Gasteiger charge is -2.07.